The fraction of sp³-hybridized carbons (Fsp3) is 0.375. The number of esters is 1. The van der Waals surface area contributed by atoms with E-state index in [9.17, 15) is 13.2 Å². The highest BCUT2D eigenvalue weighted by molar-refractivity contribution is 7.93. The van der Waals surface area contributed by atoms with Gasteiger partial charge in [-0.05, 0) is 19.1 Å². The second-order valence-corrected chi connectivity index (χ2v) is 5.02. The smallest absolute Gasteiger partial charge is 0.323 e. The van der Waals surface area contributed by atoms with Crippen LogP contribution in [0.2, 0.25) is 5.15 Å². The fourth-order valence-corrected chi connectivity index (χ4v) is 1.92. The maximum Gasteiger partial charge on any atom is 0.323 e. The van der Waals surface area contributed by atoms with Crippen molar-refractivity contribution in [3.05, 3.63) is 17.3 Å². The molecule has 0 unspecified atom stereocenters. The molecule has 0 bridgehead atoms. The molecule has 0 aliphatic heterocycles. The second-order valence-electron chi connectivity index (χ2n) is 2.91. The third-order valence-electron chi connectivity index (χ3n) is 1.51. The molecule has 9 heteroatoms. The number of nitrogens with one attached hydrogen (secondary N) is 1. The third-order valence-corrected chi connectivity index (χ3v) is 2.84. The molecule has 1 rings (SSSR count). The number of halogens is 1. The van der Waals surface area contributed by atoms with Gasteiger partial charge in [0.05, 0.1) is 6.61 Å². The van der Waals surface area contributed by atoms with E-state index in [0.717, 1.165) is 0 Å². The number of nitrogens with zero attached hydrogens (tertiary/aromatic N) is 2. The molecular weight excluding hydrogens is 270 g/mol. The Balaban J connectivity index is 2.66. The number of carbonyl (C=O) groups is 1. The minimum absolute atomic E-state index is 0.0151. The first-order valence-electron chi connectivity index (χ1n) is 4.58. The summed E-state index contributed by atoms with van der Waals surface area (Å²) in [5.41, 5.74) is 0. The van der Waals surface area contributed by atoms with Gasteiger partial charge in [0.25, 0.3) is 0 Å². The van der Waals surface area contributed by atoms with Crippen molar-refractivity contribution in [2.75, 3.05) is 17.1 Å². The Kier molecular flexibility index (Phi) is 4.64. The van der Waals surface area contributed by atoms with Crippen molar-refractivity contribution >= 4 is 33.4 Å². The number of hydrogen-bond acceptors (Lipinski definition) is 6. The molecule has 0 saturated heterocycles. The van der Waals surface area contributed by atoms with Gasteiger partial charge in [-0.1, -0.05) is 11.6 Å². The highest BCUT2D eigenvalue weighted by atomic mass is 35.5. The van der Waals surface area contributed by atoms with E-state index in [2.05, 4.69) is 19.7 Å². The molecule has 0 aromatic carbocycles. The lowest BCUT2D eigenvalue weighted by atomic mass is 10.5. The number of anilines is 1. The molecule has 0 radical (unpaired) electrons. The Morgan fingerprint density at radius 2 is 2.18 bits per heavy atom. The lowest BCUT2D eigenvalue weighted by Crippen LogP contribution is -2.24. The van der Waals surface area contributed by atoms with Crippen LogP contribution in [-0.2, 0) is 19.6 Å². The predicted octanol–water partition coefficient (Wildman–Crippen LogP) is 0.435. The SMILES string of the molecule is CCOC(=O)CS(=O)(=O)Nc1ccc(Cl)nn1. The molecule has 1 aromatic rings. The van der Waals surface area contributed by atoms with Gasteiger partial charge >= 0.3 is 5.97 Å². The lowest BCUT2D eigenvalue weighted by Gasteiger charge is -2.05. The van der Waals surface area contributed by atoms with Crippen molar-refractivity contribution in [2.24, 2.45) is 0 Å². The van der Waals surface area contributed by atoms with Crippen LogP contribution in [0.3, 0.4) is 0 Å². The monoisotopic (exact) mass is 279 g/mol. The summed E-state index contributed by atoms with van der Waals surface area (Å²) in [5, 5.41) is 7.08. The van der Waals surface area contributed by atoms with Crippen LogP contribution >= 0.6 is 11.6 Å². The normalized spacial score (nSPS) is 10.9. The third kappa shape index (κ3) is 4.96. The molecular formula is C8H10ClN3O4S. The summed E-state index contributed by atoms with van der Waals surface area (Å²) in [6.07, 6.45) is 0. The van der Waals surface area contributed by atoms with Crippen molar-refractivity contribution in [3.8, 4) is 0 Å². The Labute approximate surface area is 103 Å². The molecule has 1 N–H and O–H groups in total. The van der Waals surface area contributed by atoms with E-state index in [1.165, 1.54) is 12.1 Å². The van der Waals surface area contributed by atoms with Gasteiger partial charge in [-0.2, -0.15) is 0 Å². The molecule has 1 aromatic heterocycles. The van der Waals surface area contributed by atoms with Crippen molar-refractivity contribution in [1.29, 1.82) is 0 Å². The molecule has 7 nitrogen and oxygen atoms in total. The first-order chi connectivity index (χ1) is 7.93. The quantitative estimate of drug-likeness (QED) is 0.785. The van der Waals surface area contributed by atoms with Gasteiger partial charge in [-0.15, -0.1) is 10.2 Å². The molecule has 94 valence electrons. The molecule has 0 saturated carbocycles. The standard InChI is InChI=1S/C8H10ClN3O4S/c1-2-16-8(13)5-17(14,15)12-7-4-3-6(9)10-11-7/h3-4H,2,5H2,1H3,(H,11,12). The van der Waals surface area contributed by atoms with Crippen molar-refractivity contribution < 1.29 is 17.9 Å². The number of rotatable bonds is 5. The van der Waals surface area contributed by atoms with Crippen LogP contribution in [0.4, 0.5) is 5.82 Å². The van der Waals surface area contributed by atoms with Gasteiger partial charge in [0.2, 0.25) is 10.0 Å². The van der Waals surface area contributed by atoms with E-state index in [-0.39, 0.29) is 17.6 Å². The van der Waals surface area contributed by atoms with Crippen LogP contribution in [0.1, 0.15) is 6.92 Å². The largest absolute Gasteiger partial charge is 0.465 e. The van der Waals surface area contributed by atoms with Crippen molar-refractivity contribution in [3.63, 3.8) is 0 Å². The molecule has 0 aliphatic rings. The summed E-state index contributed by atoms with van der Waals surface area (Å²) in [5.74, 6) is -1.62. The summed E-state index contributed by atoms with van der Waals surface area (Å²) in [7, 11) is -3.84. The zero-order chi connectivity index (χ0) is 12.9. The summed E-state index contributed by atoms with van der Waals surface area (Å²) in [6.45, 7) is 1.71. The Morgan fingerprint density at radius 3 is 2.71 bits per heavy atom. The van der Waals surface area contributed by atoms with Crippen molar-refractivity contribution in [2.45, 2.75) is 6.92 Å². The molecule has 0 atom stereocenters. The number of aromatic nitrogens is 2. The van der Waals surface area contributed by atoms with Crippen LogP contribution < -0.4 is 4.72 Å². The Bertz CT molecular complexity index is 488. The number of ether oxygens (including phenoxy) is 1. The van der Waals surface area contributed by atoms with Gasteiger partial charge in [-0.3, -0.25) is 9.52 Å². The Morgan fingerprint density at radius 1 is 1.47 bits per heavy atom. The van der Waals surface area contributed by atoms with E-state index >= 15 is 0 Å². The minimum Gasteiger partial charge on any atom is -0.465 e. The van der Waals surface area contributed by atoms with Gasteiger partial charge in [0.1, 0.15) is 0 Å². The van der Waals surface area contributed by atoms with Crippen LogP contribution in [0.15, 0.2) is 12.1 Å². The number of carbonyl (C=O) groups excluding carboxylic acids is 1. The molecule has 0 aliphatic carbocycles. The fourth-order valence-electron chi connectivity index (χ4n) is 0.924. The van der Waals surface area contributed by atoms with E-state index in [1.807, 2.05) is 0 Å². The van der Waals surface area contributed by atoms with Gasteiger partial charge in [0.15, 0.2) is 16.7 Å². The first kappa shape index (κ1) is 13.7. The first-order valence-corrected chi connectivity index (χ1v) is 6.61. The molecule has 0 fully saturated rings. The molecule has 0 spiro atoms. The topological polar surface area (TPSA) is 98.2 Å². The molecule has 17 heavy (non-hydrogen) atoms. The predicted molar refractivity (Wildman–Crippen MR) is 61.1 cm³/mol. The zero-order valence-corrected chi connectivity index (χ0v) is 10.5. The number of sulfonamides is 1. The average molecular weight is 280 g/mol. The second kappa shape index (κ2) is 5.78. The van der Waals surface area contributed by atoms with E-state index in [1.54, 1.807) is 6.92 Å². The van der Waals surface area contributed by atoms with Crippen LogP contribution in [-0.4, -0.2) is 36.9 Å². The summed E-state index contributed by atoms with van der Waals surface area (Å²) in [6, 6.07) is 2.70. The maximum atomic E-state index is 11.5. The Hall–Kier alpha value is -1.41. The van der Waals surface area contributed by atoms with Crippen LogP contribution in [0.25, 0.3) is 0 Å². The summed E-state index contributed by atoms with van der Waals surface area (Å²) < 4.78 is 29.5. The zero-order valence-electron chi connectivity index (χ0n) is 8.88. The van der Waals surface area contributed by atoms with Gasteiger partial charge < -0.3 is 4.74 Å². The summed E-state index contributed by atoms with van der Waals surface area (Å²) in [4.78, 5) is 11.0. The van der Waals surface area contributed by atoms with Crippen molar-refractivity contribution in [1.82, 2.24) is 10.2 Å². The summed E-state index contributed by atoms with van der Waals surface area (Å²) >= 11 is 5.48. The minimum atomic E-state index is -3.84. The highest BCUT2D eigenvalue weighted by Gasteiger charge is 2.18. The number of hydrogen-bond donors (Lipinski definition) is 1. The highest BCUT2D eigenvalue weighted by Crippen LogP contribution is 2.08. The van der Waals surface area contributed by atoms with E-state index in [4.69, 9.17) is 11.6 Å². The lowest BCUT2D eigenvalue weighted by molar-refractivity contribution is -0.139. The molecule has 0 amide bonds. The van der Waals surface area contributed by atoms with E-state index < -0.39 is 21.7 Å². The van der Waals surface area contributed by atoms with E-state index in [0.29, 0.717) is 0 Å². The van der Waals surface area contributed by atoms with Gasteiger partial charge in [-0.25, -0.2) is 8.42 Å². The maximum absolute atomic E-state index is 11.5. The molecule has 1 heterocycles. The average Bonchev–Trinajstić information content (AvgIpc) is 2.20. The van der Waals surface area contributed by atoms with Crippen LogP contribution in [0.5, 0.6) is 0 Å². The van der Waals surface area contributed by atoms with Gasteiger partial charge in [0, 0.05) is 0 Å². The van der Waals surface area contributed by atoms with Crippen LogP contribution in [0, 0.1) is 0 Å².